The molecule has 4 atom stereocenters. The lowest BCUT2D eigenvalue weighted by Crippen LogP contribution is -2.47. The molecule has 0 unspecified atom stereocenters. The summed E-state index contributed by atoms with van der Waals surface area (Å²) in [5.74, 6) is -6.85. The van der Waals surface area contributed by atoms with Crippen molar-refractivity contribution in [2.45, 2.75) is 76.8 Å². The highest BCUT2D eigenvalue weighted by atomic mass is 16.3. The van der Waals surface area contributed by atoms with E-state index in [1.807, 2.05) is 0 Å². The second kappa shape index (κ2) is 19.3. The van der Waals surface area contributed by atoms with Crippen LogP contribution in [0.3, 0.4) is 0 Å². The third-order valence-electron chi connectivity index (χ3n) is 6.92. The number of benzene rings is 1. The number of nitrogens with one attached hydrogen (secondary N) is 2. The fourth-order valence-corrected chi connectivity index (χ4v) is 4.55. The standard InChI is InChI=1S/C29H44N8O8/c1-16(38)36-21(3-2-12-35-29(33)34)23(40)14-18(6-10-25(30)42)28(45)37-22(9-11-26(31)43)24(41)15-19(27(32)44)13-17-4-7-20(39)8-5-17/h4-5,7-8,18-19,21-22,39H,2-3,6,9-15H2,1H3,(H2,30,42)(H2,31,43)(H2,32,44)(H,36,38)(H,37,45)(H4,33,34,35)/t18-,19-,21+,22+/m1/s1. The monoisotopic (exact) mass is 632 g/mol. The van der Waals surface area contributed by atoms with E-state index in [9.17, 15) is 38.7 Å². The molecule has 1 rings (SSSR count). The van der Waals surface area contributed by atoms with E-state index < -0.39 is 71.4 Å². The van der Waals surface area contributed by atoms with Crippen LogP contribution in [0.1, 0.15) is 63.9 Å². The van der Waals surface area contributed by atoms with Crippen LogP contribution in [0.25, 0.3) is 0 Å². The van der Waals surface area contributed by atoms with Crippen molar-refractivity contribution in [2.24, 2.45) is 45.5 Å². The van der Waals surface area contributed by atoms with E-state index in [0.29, 0.717) is 12.0 Å². The number of amides is 5. The van der Waals surface area contributed by atoms with Crippen LogP contribution in [-0.4, -0.2) is 70.8 Å². The zero-order chi connectivity index (χ0) is 34.1. The Hall–Kier alpha value is -5.02. The largest absolute Gasteiger partial charge is 0.508 e. The topological polar surface area (TPSA) is 306 Å². The Morgan fingerprint density at radius 2 is 1.29 bits per heavy atom. The molecule has 0 fully saturated rings. The van der Waals surface area contributed by atoms with Gasteiger partial charge in [0.2, 0.25) is 29.5 Å². The zero-order valence-electron chi connectivity index (χ0n) is 25.3. The number of phenolic OH excluding ortho intramolecular Hbond substituents is 1. The van der Waals surface area contributed by atoms with Gasteiger partial charge in [-0.25, -0.2) is 0 Å². The highest BCUT2D eigenvalue weighted by Gasteiger charge is 2.32. The number of phenols is 1. The molecule has 0 bridgehead atoms. The maximum atomic E-state index is 13.4. The van der Waals surface area contributed by atoms with Crippen LogP contribution in [-0.2, 0) is 40.0 Å². The number of hydrogen-bond acceptors (Lipinski definition) is 9. The molecule has 0 spiro atoms. The van der Waals surface area contributed by atoms with Gasteiger partial charge in [0.25, 0.3) is 0 Å². The van der Waals surface area contributed by atoms with Gasteiger partial charge in [0.05, 0.1) is 12.1 Å². The van der Waals surface area contributed by atoms with Crippen LogP contribution in [0.5, 0.6) is 5.75 Å². The van der Waals surface area contributed by atoms with Crippen molar-refractivity contribution in [3.63, 3.8) is 0 Å². The number of carbonyl (C=O) groups excluding carboxylic acids is 7. The van der Waals surface area contributed by atoms with Crippen molar-refractivity contribution < 1.29 is 38.7 Å². The number of ketones is 2. The summed E-state index contributed by atoms with van der Waals surface area (Å²) in [6, 6.07) is 3.71. The third kappa shape index (κ3) is 15.9. The van der Waals surface area contributed by atoms with Crippen molar-refractivity contribution in [1.82, 2.24) is 10.6 Å². The molecule has 0 aliphatic rings. The van der Waals surface area contributed by atoms with E-state index in [0.717, 1.165) is 0 Å². The van der Waals surface area contributed by atoms with Gasteiger partial charge in [-0.3, -0.25) is 38.6 Å². The minimum atomic E-state index is -1.27. The molecule has 1 aromatic rings. The molecule has 0 aliphatic carbocycles. The summed E-state index contributed by atoms with van der Waals surface area (Å²) in [6.07, 6.45) is -1.09. The number of rotatable bonds is 22. The van der Waals surface area contributed by atoms with Crippen molar-refractivity contribution in [3.8, 4) is 5.75 Å². The lowest BCUT2D eigenvalue weighted by atomic mass is 9.89. The molecule has 16 heteroatoms. The fourth-order valence-electron chi connectivity index (χ4n) is 4.55. The van der Waals surface area contributed by atoms with Gasteiger partial charge in [-0.15, -0.1) is 0 Å². The normalized spacial score (nSPS) is 13.4. The van der Waals surface area contributed by atoms with E-state index in [1.165, 1.54) is 19.1 Å². The van der Waals surface area contributed by atoms with Crippen molar-refractivity contribution >= 4 is 47.1 Å². The number of Topliss-reactive ketones (excluding diaryl/α,β-unsaturated/α-hetero) is 2. The Labute approximate surface area is 260 Å². The lowest BCUT2D eigenvalue weighted by molar-refractivity contribution is -0.135. The number of hydrogen-bond donors (Lipinski definition) is 8. The SMILES string of the molecule is CC(=O)N[C@@H](CCCN=C(N)N)C(=O)C[C@@H](CCC(N)=O)C(=O)N[C@@H](CCC(N)=O)C(=O)C[C@@H](Cc1ccc(O)cc1)C(N)=O. The smallest absolute Gasteiger partial charge is 0.224 e. The summed E-state index contributed by atoms with van der Waals surface area (Å²) in [7, 11) is 0. The fraction of sp³-hybridized carbons (Fsp3) is 0.517. The molecule has 248 valence electrons. The predicted molar refractivity (Wildman–Crippen MR) is 164 cm³/mol. The number of carbonyl (C=O) groups is 7. The van der Waals surface area contributed by atoms with Crippen LogP contribution in [0, 0.1) is 11.8 Å². The summed E-state index contributed by atoms with van der Waals surface area (Å²) in [5.41, 5.74) is 27.4. The van der Waals surface area contributed by atoms with E-state index in [2.05, 4.69) is 15.6 Å². The summed E-state index contributed by atoms with van der Waals surface area (Å²) in [6.45, 7) is 1.42. The van der Waals surface area contributed by atoms with Gasteiger partial charge < -0.3 is 44.4 Å². The molecule has 1 aromatic carbocycles. The number of primary amides is 3. The van der Waals surface area contributed by atoms with Gasteiger partial charge in [-0.1, -0.05) is 12.1 Å². The Bertz CT molecular complexity index is 1250. The Morgan fingerprint density at radius 3 is 1.80 bits per heavy atom. The van der Waals surface area contributed by atoms with Crippen LogP contribution in [0.2, 0.25) is 0 Å². The number of nitrogens with two attached hydrogens (primary N) is 5. The van der Waals surface area contributed by atoms with Gasteiger partial charge in [0, 0.05) is 51.0 Å². The molecule has 16 nitrogen and oxygen atoms in total. The summed E-state index contributed by atoms with van der Waals surface area (Å²) >= 11 is 0. The second-order valence-electron chi connectivity index (χ2n) is 10.8. The molecule has 0 aliphatic heterocycles. The Morgan fingerprint density at radius 1 is 0.756 bits per heavy atom. The molecular weight excluding hydrogens is 588 g/mol. The van der Waals surface area contributed by atoms with E-state index in [-0.39, 0.29) is 63.2 Å². The Balaban J connectivity index is 3.16. The maximum Gasteiger partial charge on any atom is 0.224 e. The maximum absolute atomic E-state index is 13.4. The van der Waals surface area contributed by atoms with Gasteiger partial charge in [0.15, 0.2) is 17.5 Å². The lowest BCUT2D eigenvalue weighted by Gasteiger charge is -2.24. The molecule has 45 heavy (non-hydrogen) atoms. The first-order valence-electron chi connectivity index (χ1n) is 14.4. The average Bonchev–Trinajstić information content (AvgIpc) is 2.94. The van der Waals surface area contributed by atoms with Crippen LogP contribution >= 0.6 is 0 Å². The molecule has 13 N–H and O–H groups in total. The quantitative estimate of drug-likeness (QED) is 0.0400. The molecule has 0 radical (unpaired) electrons. The molecule has 0 aromatic heterocycles. The predicted octanol–water partition coefficient (Wildman–Crippen LogP) is -1.86. The summed E-state index contributed by atoms with van der Waals surface area (Å²) in [4.78, 5) is 90.9. The van der Waals surface area contributed by atoms with Crippen LogP contribution < -0.4 is 39.3 Å². The number of aromatic hydroxyl groups is 1. The van der Waals surface area contributed by atoms with Gasteiger partial charge in [0.1, 0.15) is 5.75 Å². The minimum absolute atomic E-state index is 0.0124. The van der Waals surface area contributed by atoms with Gasteiger partial charge in [-0.2, -0.15) is 0 Å². The Kier molecular flexibility index (Phi) is 16.3. The highest BCUT2D eigenvalue weighted by molar-refractivity contribution is 5.95. The van der Waals surface area contributed by atoms with E-state index >= 15 is 0 Å². The number of aliphatic imine (C=N–C) groups is 1. The van der Waals surface area contributed by atoms with Gasteiger partial charge >= 0.3 is 0 Å². The number of guanidine groups is 1. The minimum Gasteiger partial charge on any atom is -0.508 e. The second-order valence-corrected chi connectivity index (χ2v) is 10.8. The molecule has 5 amide bonds. The summed E-state index contributed by atoms with van der Waals surface area (Å²) in [5, 5.41) is 14.6. The molecule has 0 heterocycles. The average molecular weight is 633 g/mol. The van der Waals surface area contributed by atoms with Gasteiger partial charge in [-0.05, 0) is 49.8 Å². The summed E-state index contributed by atoms with van der Waals surface area (Å²) < 4.78 is 0. The van der Waals surface area contributed by atoms with Crippen LogP contribution in [0.4, 0.5) is 0 Å². The van der Waals surface area contributed by atoms with E-state index in [4.69, 9.17) is 28.7 Å². The van der Waals surface area contributed by atoms with E-state index in [1.54, 1.807) is 12.1 Å². The first kappa shape index (κ1) is 38.0. The van der Waals surface area contributed by atoms with Crippen LogP contribution in [0.15, 0.2) is 29.3 Å². The first-order valence-corrected chi connectivity index (χ1v) is 14.4. The molecule has 0 saturated heterocycles. The highest BCUT2D eigenvalue weighted by Crippen LogP contribution is 2.20. The zero-order valence-corrected chi connectivity index (χ0v) is 25.3. The van der Waals surface area contributed by atoms with Crippen molar-refractivity contribution in [3.05, 3.63) is 29.8 Å². The molecule has 0 saturated carbocycles. The molecular formula is C29H44N8O8. The first-order chi connectivity index (χ1) is 21.1. The number of nitrogens with zero attached hydrogens (tertiary/aromatic N) is 1. The third-order valence-corrected chi connectivity index (χ3v) is 6.92. The van der Waals surface area contributed by atoms with Crippen molar-refractivity contribution in [1.29, 1.82) is 0 Å². The van der Waals surface area contributed by atoms with Crippen molar-refractivity contribution in [2.75, 3.05) is 6.54 Å².